The average Bonchev–Trinajstić information content (AvgIpc) is 2.91. The third-order valence-corrected chi connectivity index (χ3v) is 7.68. The molecule has 190 valence electrons. The van der Waals surface area contributed by atoms with Crippen LogP contribution in [0.5, 0.6) is 0 Å². The van der Waals surface area contributed by atoms with Crippen molar-refractivity contribution in [2.45, 2.75) is 90.4 Å². The first kappa shape index (κ1) is 27.2. The van der Waals surface area contributed by atoms with Crippen molar-refractivity contribution in [3.05, 3.63) is 71.3 Å². The molecule has 2 N–H and O–H groups in total. The van der Waals surface area contributed by atoms with Crippen molar-refractivity contribution in [3.63, 3.8) is 0 Å². The summed E-state index contributed by atoms with van der Waals surface area (Å²) < 4.78 is 5.24. The number of nitrogens with two attached hydrogens (primary N) is 1. The lowest BCUT2D eigenvalue weighted by molar-refractivity contribution is -0.139. The number of unbranched alkanes of at least 4 members (excludes halogenated alkanes) is 2. The Morgan fingerprint density at radius 1 is 1.00 bits per heavy atom. The molecule has 0 amide bonds. The van der Waals surface area contributed by atoms with Crippen LogP contribution in [0.3, 0.4) is 0 Å². The van der Waals surface area contributed by atoms with Crippen LogP contribution in [-0.4, -0.2) is 19.1 Å². The summed E-state index contributed by atoms with van der Waals surface area (Å²) in [5.41, 5.74) is 12.6. The van der Waals surface area contributed by atoms with E-state index in [0.29, 0.717) is 12.2 Å². The highest BCUT2D eigenvalue weighted by molar-refractivity contribution is 5.88. The molecule has 2 aromatic rings. The van der Waals surface area contributed by atoms with Crippen LogP contribution in [0.25, 0.3) is 11.1 Å². The minimum absolute atomic E-state index is 0.140. The summed E-state index contributed by atoms with van der Waals surface area (Å²) in [7, 11) is 0. The maximum absolute atomic E-state index is 11.7. The van der Waals surface area contributed by atoms with Crippen LogP contribution in [0.15, 0.2) is 54.6 Å². The summed E-state index contributed by atoms with van der Waals surface area (Å²) >= 11 is 0. The lowest BCUT2D eigenvalue weighted by atomic mass is 9.77. The monoisotopic (exact) mass is 475 g/mol. The quantitative estimate of drug-likeness (QED) is 0.183. The lowest BCUT2D eigenvalue weighted by Gasteiger charge is -2.29. The summed E-state index contributed by atoms with van der Waals surface area (Å²) in [6.07, 6.45) is 13.7. The first-order valence-corrected chi connectivity index (χ1v) is 13.8. The van der Waals surface area contributed by atoms with E-state index in [4.69, 9.17) is 10.5 Å². The molecule has 0 radical (unpaired) electrons. The van der Waals surface area contributed by atoms with E-state index in [9.17, 15) is 4.79 Å². The van der Waals surface area contributed by atoms with Gasteiger partial charge >= 0.3 is 5.97 Å². The van der Waals surface area contributed by atoms with Gasteiger partial charge in [0, 0.05) is 12.1 Å². The van der Waals surface area contributed by atoms with Gasteiger partial charge in [-0.2, -0.15) is 0 Å². The highest BCUT2D eigenvalue weighted by Gasteiger charge is 2.22. The average molecular weight is 476 g/mol. The zero-order chi connectivity index (χ0) is 25.0. The van der Waals surface area contributed by atoms with Crippen molar-refractivity contribution in [2.24, 2.45) is 11.7 Å². The van der Waals surface area contributed by atoms with Crippen molar-refractivity contribution in [1.29, 1.82) is 0 Å². The van der Waals surface area contributed by atoms with E-state index in [1.54, 1.807) is 0 Å². The van der Waals surface area contributed by atoms with E-state index < -0.39 is 0 Å². The van der Waals surface area contributed by atoms with Gasteiger partial charge < -0.3 is 10.5 Å². The molecule has 2 aromatic carbocycles. The fraction of sp³-hybridized carbons (Fsp3) is 0.531. The number of rotatable bonds is 13. The predicted octanol–water partition coefficient (Wildman–Crippen LogP) is 7.76. The molecule has 0 bridgehead atoms. The van der Waals surface area contributed by atoms with Gasteiger partial charge in [0.25, 0.3) is 0 Å². The molecule has 0 unspecified atom stereocenters. The molecule has 3 rings (SSSR count). The SMILES string of the molecule is C=C(CN)C(=O)OCCCc1ccc(-c2ccc(C3CCC(CCCCC)CC3)cc2)c(CC)c1. The van der Waals surface area contributed by atoms with Crippen LogP contribution in [0.1, 0.15) is 94.2 Å². The third kappa shape index (κ3) is 8.07. The van der Waals surface area contributed by atoms with E-state index in [2.05, 4.69) is 62.9 Å². The second kappa shape index (κ2) is 14.2. The number of hydrogen-bond donors (Lipinski definition) is 1. The molecule has 1 saturated carbocycles. The van der Waals surface area contributed by atoms with E-state index in [0.717, 1.165) is 31.1 Å². The van der Waals surface area contributed by atoms with Crippen LogP contribution >= 0.6 is 0 Å². The third-order valence-electron chi connectivity index (χ3n) is 7.68. The van der Waals surface area contributed by atoms with Crippen molar-refractivity contribution in [3.8, 4) is 11.1 Å². The summed E-state index contributed by atoms with van der Waals surface area (Å²) in [4.78, 5) is 11.7. The number of carbonyl (C=O) groups excluding carboxylic acids is 1. The zero-order valence-corrected chi connectivity index (χ0v) is 22.0. The summed E-state index contributed by atoms with van der Waals surface area (Å²) in [6, 6.07) is 16.2. The molecule has 1 aliphatic carbocycles. The van der Waals surface area contributed by atoms with E-state index in [1.165, 1.54) is 79.2 Å². The fourth-order valence-electron chi connectivity index (χ4n) is 5.41. The molecule has 0 aromatic heterocycles. The maximum Gasteiger partial charge on any atom is 0.334 e. The minimum atomic E-state index is -0.388. The smallest absolute Gasteiger partial charge is 0.334 e. The number of aryl methyl sites for hydroxylation is 2. The van der Waals surface area contributed by atoms with E-state index in [-0.39, 0.29) is 12.5 Å². The van der Waals surface area contributed by atoms with Crippen LogP contribution in [0, 0.1) is 5.92 Å². The van der Waals surface area contributed by atoms with Gasteiger partial charge in [0.15, 0.2) is 0 Å². The van der Waals surface area contributed by atoms with Gasteiger partial charge in [-0.05, 0) is 84.6 Å². The molecular formula is C32H45NO2. The molecule has 0 saturated heterocycles. The van der Waals surface area contributed by atoms with Crippen molar-refractivity contribution < 1.29 is 9.53 Å². The number of esters is 1. The molecule has 1 fully saturated rings. The number of hydrogen-bond acceptors (Lipinski definition) is 3. The van der Waals surface area contributed by atoms with Gasteiger partial charge in [-0.25, -0.2) is 4.79 Å². The van der Waals surface area contributed by atoms with Gasteiger partial charge in [-0.1, -0.05) is 88.6 Å². The second-order valence-corrected chi connectivity index (χ2v) is 10.2. The Bertz CT molecular complexity index is 939. The van der Waals surface area contributed by atoms with Gasteiger partial charge in [-0.3, -0.25) is 0 Å². The summed E-state index contributed by atoms with van der Waals surface area (Å²) in [5, 5.41) is 0. The predicted molar refractivity (Wildman–Crippen MR) is 148 cm³/mol. The minimum Gasteiger partial charge on any atom is -0.462 e. The van der Waals surface area contributed by atoms with E-state index >= 15 is 0 Å². The molecule has 0 heterocycles. The van der Waals surface area contributed by atoms with Crippen molar-refractivity contribution >= 4 is 5.97 Å². The van der Waals surface area contributed by atoms with Crippen LogP contribution < -0.4 is 5.73 Å². The molecule has 0 atom stereocenters. The van der Waals surface area contributed by atoms with E-state index in [1.807, 2.05) is 0 Å². The lowest BCUT2D eigenvalue weighted by Crippen LogP contribution is -2.15. The fourth-order valence-corrected chi connectivity index (χ4v) is 5.41. The van der Waals surface area contributed by atoms with Crippen molar-refractivity contribution in [2.75, 3.05) is 13.2 Å². The number of carbonyl (C=O) groups is 1. The Morgan fingerprint density at radius 2 is 1.74 bits per heavy atom. The van der Waals surface area contributed by atoms with Crippen LogP contribution in [0.2, 0.25) is 0 Å². The number of benzene rings is 2. The Kier molecular flexibility index (Phi) is 11.1. The maximum atomic E-state index is 11.7. The summed E-state index contributed by atoms with van der Waals surface area (Å²) in [6.45, 7) is 8.66. The largest absolute Gasteiger partial charge is 0.462 e. The molecule has 35 heavy (non-hydrogen) atoms. The molecule has 0 spiro atoms. The van der Waals surface area contributed by atoms with Gasteiger partial charge in [0.2, 0.25) is 0 Å². The standard InChI is InChI=1S/C32H45NO2/c1-4-6-7-9-25-11-14-28(15-12-25)29-16-18-30(19-17-29)31-20-13-26(22-27(31)5-2)10-8-21-35-32(34)24(3)23-33/h13,16-20,22,25,28H,3-12,14-15,21,23,33H2,1-2H3. The Morgan fingerprint density at radius 3 is 2.40 bits per heavy atom. The van der Waals surface area contributed by atoms with Crippen molar-refractivity contribution in [1.82, 2.24) is 0 Å². The molecule has 3 heteroatoms. The topological polar surface area (TPSA) is 52.3 Å². The Labute approximate surface area is 213 Å². The zero-order valence-electron chi connectivity index (χ0n) is 22.0. The second-order valence-electron chi connectivity index (χ2n) is 10.2. The Balaban J connectivity index is 1.54. The summed E-state index contributed by atoms with van der Waals surface area (Å²) in [5.74, 6) is 1.30. The van der Waals surface area contributed by atoms with Gasteiger partial charge in [-0.15, -0.1) is 0 Å². The highest BCUT2D eigenvalue weighted by atomic mass is 16.5. The number of ether oxygens (including phenoxy) is 1. The molecule has 3 nitrogen and oxygen atoms in total. The molecule has 0 aliphatic heterocycles. The Hall–Kier alpha value is -2.39. The van der Waals surface area contributed by atoms with Gasteiger partial charge in [0.1, 0.15) is 0 Å². The molecule has 1 aliphatic rings. The van der Waals surface area contributed by atoms with Crippen LogP contribution in [-0.2, 0) is 22.4 Å². The first-order chi connectivity index (χ1) is 17.0. The first-order valence-electron chi connectivity index (χ1n) is 13.8. The van der Waals surface area contributed by atoms with Gasteiger partial charge in [0.05, 0.1) is 6.61 Å². The normalized spacial score (nSPS) is 17.8. The van der Waals surface area contributed by atoms with Crippen LogP contribution in [0.4, 0.5) is 0 Å². The highest BCUT2D eigenvalue weighted by Crippen LogP contribution is 2.38. The molecular weight excluding hydrogens is 430 g/mol.